The minimum Gasteiger partial charge on any atom is -0.487 e. The maximum absolute atomic E-state index is 6.59. The minimum atomic E-state index is 0.415. The minimum absolute atomic E-state index is 0.415. The number of ether oxygens (including phenoxy) is 1. The molecule has 5 rings (SSSR count). The van der Waals surface area contributed by atoms with Gasteiger partial charge in [0.15, 0.2) is 0 Å². The van der Waals surface area contributed by atoms with Crippen molar-refractivity contribution in [3.05, 3.63) is 114 Å². The van der Waals surface area contributed by atoms with Gasteiger partial charge in [-0.25, -0.2) is 4.98 Å². The van der Waals surface area contributed by atoms with Crippen molar-refractivity contribution < 1.29 is 4.74 Å². The lowest BCUT2D eigenvalue weighted by atomic mass is 9.95. The molecule has 0 radical (unpaired) electrons. The summed E-state index contributed by atoms with van der Waals surface area (Å²) < 4.78 is 5.97. The van der Waals surface area contributed by atoms with E-state index in [0.29, 0.717) is 11.6 Å². The second-order valence-electron chi connectivity index (χ2n) is 7.21. The Labute approximate surface area is 186 Å². The fraction of sp³-hybridized carbons (Fsp3) is 0.0370. The maximum atomic E-state index is 6.59. The van der Waals surface area contributed by atoms with Gasteiger partial charge in [-0.05, 0) is 59.2 Å². The Kier molecular flexibility index (Phi) is 5.34. The SMILES string of the molecule is Clc1cccc(-c2ccncc2)c1-c1ccc(OCc2ccc3ccccc3n2)cc1. The Morgan fingerprint density at radius 2 is 1.52 bits per heavy atom. The van der Waals surface area contributed by atoms with Crippen LogP contribution >= 0.6 is 11.6 Å². The third kappa shape index (κ3) is 4.14. The van der Waals surface area contributed by atoms with Crippen LogP contribution in [0.5, 0.6) is 5.75 Å². The van der Waals surface area contributed by atoms with Gasteiger partial charge in [-0.2, -0.15) is 0 Å². The van der Waals surface area contributed by atoms with Gasteiger partial charge in [-0.15, -0.1) is 0 Å². The van der Waals surface area contributed by atoms with Crippen LogP contribution in [0, 0.1) is 0 Å². The van der Waals surface area contributed by atoms with Gasteiger partial charge < -0.3 is 4.74 Å². The predicted molar refractivity (Wildman–Crippen MR) is 126 cm³/mol. The summed E-state index contributed by atoms with van der Waals surface area (Å²) in [7, 11) is 0. The van der Waals surface area contributed by atoms with Gasteiger partial charge in [0.25, 0.3) is 0 Å². The smallest absolute Gasteiger partial charge is 0.130 e. The molecule has 0 saturated heterocycles. The molecule has 0 amide bonds. The van der Waals surface area contributed by atoms with Crippen molar-refractivity contribution in [1.29, 1.82) is 0 Å². The summed E-state index contributed by atoms with van der Waals surface area (Å²) in [6.07, 6.45) is 3.58. The van der Waals surface area contributed by atoms with Crippen molar-refractivity contribution in [1.82, 2.24) is 9.97 Å². The molecule has 0 fully saturated rings. The van der Waals surface area contributed by atoms with E-state index < -0.39 is 0 Å². The Bertz CT molecular complexity index is 1330. The van der Waals surface area contributed by atoms with E-state index in [0.717, 1.165) is 44.6 Å². The van der Waals surface area contributed by atoms with Crippen LogP contribution < -0.4 is 4.74 Å². The Morgan fingerprint density at radius 3 is 2.35 bits per heavy atom. The van der Waals surface area contributed by atoms with Gasteiger partial charge in [-0.1, -0.05) is 60.1 Å². The first-order valence-electron chi connectivity index (χ1n) is 10.0. The Hall–Kier alpha value is -3.69. The highest BCUT2D eigenvalue weighted by molar-refractivity contribution is 6.34. The highest BCUT2D eigenvalue weighted by Crippen LogP contribution is 2.38. The Balaban J connectivity index is 1.38. The number of rotatable bonds is 5. The fourth-order valence-electron chi connectivity index (χ4n) is 3.65. The number of pyridine rings is 2. The summed E-state index contributed by atoms with van der Waals surface area (Å²) in [5.74, 6) is 0.788. The lowest BCUT2D eigenvalue weighted by Gasteiger charge is -2.13. The average molecular weight is 423 g/mol. The van der Waals surface area contributed by atoms with Gasteiger partial charge in [0.1, 0.15) is 12.4 Å². The van der Waals surface area contributed by atoms with E-state index in [1.807, 2.05) is 72.8 Å². The number of aromatic nitrogens is 2. The molecule has 2 aromatic heterocycles. The quantitative estimate of drug-likeness (QED) is 0.300. The summed E-state index contributed by atoms with van der Waals surface area (Å²) in [5, 5.41) is 1.84. The molecule has 3 nitrogen and oxygen atoms in total. The first-order chi connectivity index (χ1) is 15.3. The summed E-state index contributed by atoms with van der Waals surface area (Å²) in [5.41, 5.74) is 6.06. The molecule has 2 heterocycles. The number of nitrogens with zero attached hydrogens (tertiary/aromatic N) is 2. The lowest BCUT2D eigenvalue weighted by molar-refractivity contribution is 0.302. The standard InChI is InChI=1S/C27H19ClN2O/c28-25-6-3-5-24(19-14-16-29-17-15-19)27(25)21-9-12-23(13-10-21)31-18-22-11-8-20-4-1-2-7-26(20)30-22/h1-17H,18H2. The van der Waals surface area contributed by atoms with Gasteiger partial charge >= 0.3 is 0 Å². The average Bonchev–Trinajstić information content (AvgIpc) is 2.83. The maximum Gasteiger partial charge on any atom is 0.130 e. The third-order valence-corrected chi connectivity index (χ3v) is 5.51. The van der Waals surface area contributed by atoms with Crippen LogP contribution in [0.4, 0.5) is 0 Å². The molecule has 0 saturated carbocycles. The molecule has 0 aliphatic heterocycles. The van der Waals surface area contributed by atoms with Gasteiger partial charge in [0.05, 0.1) is 11.2 Å². The monoisotopic (exact) mass is 422 g/mol. The van der Waals surface area contributed by atoms with E-state index in [-0.39, 0.29) is 0 Å². The van der Waals surface area contributed by atoms with Gasteiger partial charge in [0.2, 0.25) is 0 Å². The van der Waals surface area contributed by atoms with Crippen molar-refractivity contribution in [3.63, 3.8) is 0 Å². The zero-order chi connectivity index (χ0) is 21.0. The molecular formula is C27H19ClN2O. The summed E-state index contributed by atoms with van der Waals surface area (Å²) in [6, 6.07) is 30.1. The van der Waals surface area contributed by atoms with E-state index in [4.69, 9.17) is 16.3 Å². The topological polar surface area (TPSA) is 35.0 Å². The fourth-order valence-corrected chi connectivity index (χ4v) is 3.94. The van der Waals surface area contributed by atoms with Gasteiger partial charge in [-0.3, -0.25) is 4.98 Å². The molecule has 0 unspecified atom stereocenters. The lowest BCUT2D eigenvalue weighted by Crippen LogP contribution is -1.98. The van der Waals surface area contributed by atoms with Crippen molar-refractivity contribution in [2.45, 2.75) is 6.61 Å². The predicted octanol–water partition coefficient (Wildman–Crippen LogP) is 7.20. The van der Waals surface area contributed by atoms with Crippen LogP contribution in [0.3, 0.4) is 0 Å². The second kappa shape index (κ2) is 8.58. The van der Waals surface area contributed by atoms with Crippen molar-refractivity contribution in [2.75, 3.05) is 0 Å². The molecule has 0 atom stereocenters. The zero-order valence-corrected chi connectivity index (χ0v) is 17.5. The normalized spacial score (nSPS) is 10.9. The molecule has 4 heteroatoms. The van der Waals surface area contributed by atoms with Crippen molar-refractivity contribution >= 4 is 22.5 Å². The largest absolute Gasteiger partial charge is 0.487 e. The number of hydrogen-bond acceptors (Lipinski definition) is 3. The summed E-state index contributed by atoms with van der Waals surface area (Å²) >= 11 is 6.59. The molecule has 0 aliphatic rings. The van der Waals surface area contributed by atoms with Crippen LogP contribution in [0.1, 0.15) is 5.69 Å². The third-order valence-electron chi connectivity index (χ3n) is 5.19. The van der Waals surface area contributed by atoms with Crippen LogP contribution in [0.25, 0.3) is 33.2 Å². The number of fused-ring (bicyclic) bond motifs is 1. The number of benzene rings is 3. The van der Waals surface area contributed by atoms with E-state index in [9.17, 15) is 0 Å². The van der Waals surface area contributed by atoms with Crippen molar-refractivity contribution in [3.8, 4) is 28.0 Å². The molecule has 150 valence electrons. The first-order valence-corrected chi connectivity index (χ1v) is 10.4. The van der Waals surface area contributed by atoms with E-state index in [1.165, 1.54) is 0 Å². The first kappa shape index (κ1) is 19.3. The van der Waals surface area contributed by atoms with Gasteiger partial charge in [0, 0.05) is 28.4 Å². The van der Waals surface area contributed by atoms with Crippen LogP contribution in [0.15, 0.2) is 103 Å². The number of halogens is 1. The summed E-state index contributed by atoms with van der Waals surface area (Å²) in [4.78, 5) is 8.78. The summed E-state index contributed by atoms with van der Waals surface area (Å²) in [6.45, 7) is 0.415. The van der Waals surface area contributed by atoms with Crippen LogP contribution in [0.2, 0.25) is 5.02 Å². The molecule has 31 heavy (non-hydrogen) atoms. The number of hydrogen-bond donors (Lipinski definition) is 0. The van der Waals surface area contributed by atoms with E-state index in [2.05, 4.69) is 28.2 Å². The zero-order valence-electron chi connectivity index (χ0n) is 16.7. The highest BCUT2D eigenvalue weighted by Gasteiger charge is 2.11. The van der Waals surface area contributed by atoms with E-state index >= 15 is 0 Å². The molecule has 5 aromatic rings. The molecule has 0 aliphatic carbocycles. The van der Waals surface area contributed by atoms with Crippen LogP contribution in [-0.4, -0.2) is 9.97 Å². The second-order valence-corrected chi connectivity index (χ2v) is 7.61. The Morgan fingerprint density at radius 1 is 0.710 bits per heavy atom. The van der Waals surface area contributed by atoms with E-state index in [1.54, 1.807) is 12.4 Å². The number of para-hydroxylation sites is 1. The molecule has 3 aromatic carbocycles. The molecule has 0 bridgehead atoms. The molecule has 0 N–H and O–H groups in total. The van der Waals surface area contributed by atoms with Crippen molar-refractivity contribution in [2.24, 2.45) is 0 Å². The van der Waals surface area contributed by atoms with Crippen LogP contribution in [-0.2, 0) is 6.61 Å². The molecular weight excluding hydrogens is 404 g/mol. The highest BCUT2D eigenvalue weighted by atomic mass is 35.5. The molecule has 0 spiro atoms.